The SMILES string of the molecule is N/C(=N/O)C(Cn1ccnc1-c1cccs1)C(F)(F)F. The molecule has 0 aliphatic carbocycles. The number of hydrogen-bond acceptors (Lipinski definition) is 4. The topological polar surface area (TPSA) is 76.4 Å². The van der Waals surface area contributed by atoms with Crippen LogP contribution < -0.4 is 5.73 Å². The third-order valence-corrected chi connectivity index (χ3v) is 3.57. The first-order chi connectivity index (χ1) is 9.43. The monoisotopic (exact) mass is 304 g/mol. The second-order valence-corrected chi connectivity index (χ2v) is 4.95. The number of nitrogens with zero attached hydrogens (tertiary/aromatic N) is 3. The average Bonchev–Trinajstić information content (AvgIpc) is 3.03. The number of halogens is 3. The van der Waals surface area contributed by atoms with E-state index in [4.69, 9.17) is 10.9 Å². The molecule has 2 aromatic rings. The zero-order chi connectivity index (χ0) is 14.8. The molecule has 20 heavy (non-hydrogen) atoms. The van der Waals surface area contributed by atoms with Gasteiger partial charge in [0, 0.05) is 18.9 Å². The van der Waals surface area contributed by atoms with E-state index < -0.39 is 24.5 Å². The molecular formula is C11H11F3N4OS. The maximum Gasteiger partial charge on any atom is 0.400 e. The highest BCUT2D eigenvalue weighted by Crippen LogP contribution is 2.30. The van der Waals surface area contributed by atoms with Crippen molar-refractivity contribution >= 4 is 17.2 Å². The number of alkyl halides is 3. The fraction of sp³-hybridized carbons (Fsp3) is 0.273. The summed E-state index contributed by atoms with van der Waals surface area (Å²) in [6.07, 6.45) is -1.76. The fourth-order valence-corrected chi connectivity index (χ4v) is 2.45. The summed E-state index contributed by atoms with van der Waals surface area (Å²) >= 11 is 1.37. The molecule has 0 aromatic carbocycles. The molecule has 2 aromatic heterocycles. The molecule has 0 saturated heterocycles. The van der Waals surface area contributed by atoms with Gasteiger partial charge in [-0.05, 0) is 11.4 Å². The zero-order valence-electron chi connectivity index (χ0n) is 10.1. The summed E-state index contributed by atoms with van der Waals surface area (Å²) in [5, 5.41) is 12.8. The Morgan fingerprint density at radius 1 is 1.55 bits per heavy atom. The Balaban J connectivity index is 2.31. The second kappa shape index (κ2) is 5.53. The van der Waals surface area contributed by atoms with E-state index in [0.29, 0.717) is 5.82 Å². The minimum atomic E-state index is -4.60. The molecule has 1 atom stereocenters. The van der Waals surface area contributed by atoms with Crippen LogP contribution in [0, 0.1) is 5.92 Å². The molecule has 2 heterocycles. The zero-order valence-corrected chi connectivity index (χ0v) is 10.9. The van der Waals surface area contributed by atoms with E-state index in [0.717, 1.165) is 4.88 Å². The van der Waals surface area contributed by atoms with Gasteiger partial charge in [0.2, 0.25) is 0 Å². The van der Waals surface area contributed by atoms with Crippen LogP contribution in [-0.4, -0.2) is 26.8 Å². The van der Waals surface area contributed by atoms with Crippen LogP contribution in [0.15, 0.2) is 35.1 Å². The predicted molar refractivity (Wildman–Crippen MR) is 68.5 cm³/mol. The van der Waals surface area contributed by atoms with Crippen LogP contribution in [0.5, 0.6) is 0 Å². The smallest absolute Gasteiger partial charge is 0.400 e. The first-order valence-corrected chi connectivity index (χ1v) is 6.40. The Kier molecular flexibility index (Phi) is 3.98. The Labute approximate surface area is 116 Å². The van der Waals surface area contributed by atoms with E-state index in [2.05, 4.69) is 10.1 Å². The molecule has 0 aliphatic rings. The van der Waals surface area contributed by atoms with E-state index in [1.54, 1.807) is 17.5 Å². The van der Waals surface area contributed by atoms with Crippen LogP contribution in [0.1, 0.15) is 0 Å². The van der Waals surface area contributed by atoms with E-state index in [1.165, 1.54) is 28.3 Å². The summed E-state index contributed by atoms with van der Waals surface area (Å²) in [6.45, 7) is -0.493. The van der Waals surface area contributed by atoms with Gasteiger partial charge in [0.1, 0.15) is 11.7 Å². The van der Waals surface area contributed by atoms with Gasteiger partial charge in [0.05, 0.1) is 4.88 Å². The summed E-state index contributed by atoms with van der Waals surface area (Å²) < 4.78 is 40.1. The summed E-state index contributed by atoms with van der Waals surface area (Å²) in [7, 11) is 0. The van der Waals surface area contributed by atoms with Gasteiger partial charge < -0.3 is 15.5 Å². The molecule has 0 fully saturated rings. The van der Waals surface area contributed by atoms with Crippen molar-refractivity contribution in [3.63, 3.8) is 0 Å². The molecule has 0 bridgehead atoms. The van der Waals surface area contributed by atoms with E-state index in [9.17, 15) is 13.2 Å². The van der Waals surface area contributed by atoms with Crippen LogP contribution in [-0.2, 0) is 6.54 Å². The lowest BCUT2D eigenvalue weighted by Gasteiger charge is -2.20. The van der Waals surface area contributed by atoms with Gasteiger partial charge >= 0.3 is 6.18 Å². The van der Waals surface area contributed by atoms with Crippen molar-refractivity contribution in [2.45, 2.75) is 12.7 Å². The van der Waals surface area contributed by atoms with Crippen LogP contribution >= 0.6 is 11.3 Å². The Hall–Kier alpha value is -2.03. The van der Waals surface area contributed by atoms with E-state index >= 15 is 0 Å². The normalized spacial score (nSPS) is 14.4. The number of hydrogen-bond donors (Lipinski definition) is 2. The molecule has 0 radical (unpaired) electrons. The van der Waals surface area contributed by atoms with Gasteiger partial charge in [0.15, 0.2) is 5.84 Å². The first kappa shape index (κ1) is 14.4. The largest absolute Gasteiger partial charge is 0.409 e. The van der Waals surface area contributed by atoms with Gasteiger partial charge in [-0.1, -0.05) is 11.2 Å². The standard InChI is InChI=1S/C11H11F3N4OS/c12-11(13,14)7(9(15)17-19)6-18-4-3-16-10(18)8-2-1-5-20-8/h1-5,7,19H,6H2,(H2,15,17). The predicted octanol–water partition coefficient (Wildman–Crippen LogP) is 2.54. The van der Waals surface area contributed by atoms with Gasteiger partial charge in [0.25, 0.3) is 0 Å². The van der Waals surface area contributed by atoms with Crippen molar-refractivity contribution < 1.29 is 18.4 Å². The molecule has 1 unspecified atom stereocenters. The molecule has 3 N–H and O–H groups in total. The molecule has 5 nitrogen and oxygen atoms in total. The molecule has 9 heteroatoms. The molecule has 2 rings (SSSR count). The maximum atomic E-state index is 12.9. The lowest BCUT2D eigenvalue weighted by atomic mass is 10.1. The van der Waals surface area contributed by atoms with Crippen molar-refractivity contribution in [1.29, 1.82) is 0 Å². The van der Waals surface area contributed by atoms with Gasteiger partial charge in [-0.2, -0.15) is 13.2 Å². The van der Waals surface area contributed by atoms with Crippen molar-refractivity contribution in [3.8, 4) is 10.7 Å². The van der Waals surface area contributed by atoms with Crippen molar-refractivity contribution in [3.05, 3.63) is 29.9 Å². The number of nitrogens with two attached hydrogens (primary N) is 1. The van der Waals surface area contributed by atoms with Crippen LogP contribution in [0.3, 0.4) is 0 Å². The Morgan fingerprint density at radius 2 is 2.30 bits per heavy atom. The molecular weight excluding hydrogens is 293 g/mol. The van der Waals surface area contributed by atoms with Crippen LogP contribution in [0.2, 0.25) is 0 Å². The van der Waals surface area contributed by atoms with E-state index in [-0.39, 0.29) is 0 Å². The second-order valence-electron chi connectivity index (χ2n) is 4.00. The minimum Gasteiger partial charge on any atom is -0.409 e. The fourth-order valence-electron chi connectivity index (χ4n) is 1.72. The van der Waals surface area contributed by atoms with Gasteiger partial charge in [-0.15, -0.1) is 11.3 Å². The summed E-state index contributed by atoms with van der Waals surface area (Å²) in [4.78, 5) is 4.79. The third kappa shape index (κ3) is 2.93. The highest BCUT2D eigenvalue weighted by molar-refractivity contribution is 7.13. The van der Waals surface area contributed by atoms with E-state index in [1.807, 2.05) is 0 Å². The number of oxime groups is 1. The lowest BCUT2D eigenvalue weighted by molar-refractivity contribution is -0.159. The number of aromatic nitrogens is 2. The molecule has 0 spiro atoms. The van der Waals surface area contributed by atoms with Gasteiger partial charge in [-0.3, -0.25) is 0 Å². The number of imidazole rings is 1. The molecule has 108 valence electrons. The molecule has 0 aliphatic heterocycles. The van der Waals surface area contributed by atoms with Crippen molar-refractivity contribution in [2.75, 3.05) is 0 Å². The lowest BCUT2D eigenvalue weighted by Crippen LogP contribution is -2.39. The Bertz CT molecular complexity index is 591. The summed E-state index contributed by atoms with van der Waals surface area (Å²) in [5.74, 6) is -2.52. The van der Waals surface area contributed by atoms with Crippen molar-refractivity contribution in [2.24, 2.45) is 16.8 Å². The Morgan fingerprint density at radius 3 is 2.85 bits per heavy atom. The number of amidine groups is 1. The molecule has 0 amide bonds. The van der Waals surface area contributed by atoms with Gasteiger partial charge in [-0.25, -0.2) is 4.98 Å². The average molecular weight is 304 g/mol. The third-order valence-electron chi connectivity index (χ3n) is 2.70. The highest BCUT2D eigenvalue weighted by Gasteiger charge is 2.43. The maximum absolute atomic E-state index is 12.9. The minimum absolute atomic E-state index is 0.417. The summed E-state index contributed by atoms with van der Waals surface area (Å²) in [6, 6.07) is 3.54. The highest BCUT2D eigenvalue weighted by atomic mass is 32.1. The number of thiophene rings is 1. The quantitative estimate of drug-likeness (QED) is 0.394. The van der Waals surface area contributed by atoms with Crippen LogP contribution in [0.4, 0.5) is 13.2 Å². The van der Waals surface area contributed by atoms with Crippen LogP contribution in [0.25, 0.3) is 10.7 Å². The first-order valence-electron chi connectivity index (χ1n) is 5.52. The summed E-state index contributed by atoms with van der Waals surface area (Å²) in [5.41, 5.74) is 5.14. The number of rotatable bonds is 4. The molecule has 0 saturated carbocycles. The van der Waals surface area contributed by atoms with Crippen molar-refractivity contribution in [1.82, 2.24) is 9.55 Å².